The van der Waals surface area contributed by atoms with Crippen LogP contribution in [-0.2, 0) is 23.7 Å². The van der Waals surface area contributed by atoms with Crippen LogP contribution in [0.4, 0.5) is 5.69 Å². The first-order valence-corrected chi connectivity index (χ1v) is 16.6. The summed E-state index contributed by atoms with van der Waals surface area (Å²) < 4.78 is 23.1. The number of hydrogen-bond acceptors (Lipinski definition) is 10. The van der Waals surface area contributed by atoms with Crippen LogP contribution in [0.2, 0.25) is 0 Å². The van der Waals surface area contributed by atoms with Crippen molar-refractivity contribution in [3.8, 4) is 5.69 Å². The SMILES string of the molecule is O=C(CNc1ccc2nc3n(c(=O)c2c1)-c1ccccc1C3=O)OCCOCCOCCOC(=O)c1ccc2ccc3cccc4ccc1c2c34. The van der Waals surface area contributed by atoms with E-state index >= 15 is 0 Å². The largest absolute Gasteiger partial charge is 0.462 e. The molecule has 0 spiro atoms. The Morgan fingerprint density at radius 2 is 1.35 bits per heavy atom. The van der Waals surface area contributed by atoms with E-state index in [0.717, 1.165) is 32.3 Å². The van der Waals surface area contributed by atoms with E-state index in [0.29, 0.717) is 33.4 Å². The molecule has 11 heteroatoms. The standard InChI is InChI=1S/C40H31N3O8/c44-34(23-41-27-12-15-32-31(22-27)39(46)43-33-7-2-1-6-30(33)37(45)38(43)42-32)50-20-18-48-16-17-49-19-21-51-40(47)29-14-11-26-9-8-24-4-3-5-25-10-13-28(29)36(26)35(24)25/h1-15,22,41H,16-21,23H2. The molecule has 0 bridgehead atoms. The van der Waals surface area contributed by atoms with Crippen molar-refractivity contribution in [2.45, 2.75) is 0 Å². The Morgan fingerprint density at radius 1 is 0.667 bits per heavy atom. The van der Waals surface area contributed by atoms with Gasteiger partial charge in [0.25, 0.3) is 5.56 Å². The Hall–Kier alpha value is -6.17. The van der Waals surface area contributed by atoms with Gasteiger partial charge in [0, 0.05) is 5.69 Å². The lowest BCUT2D eigenvalue weighted by Crippen LogP contribution is -2.22. The van der Waals surface area contributed by atoms with Crippen LogP contribution in [-0.4, -0.2) is 73.5 Å². The Balaban J connectivity index is 0.739. The Kier molecular flexibility index (Phi) is 8.56. The molecule has 8 rings (SSSR count). The first-order valence-electron chi connectivity index (χ1n) is 16.6. The second-order valence-electron chi connectivity index (χ2n) is 12.1. The molecule has 0 atom stereocenters. The summed E-state index contributed by atoms with van der Waals surface area (Å²) in [4.78, 5) is 55.7. The molecule has 6 aromatic carbocycles. The zero-order valence-electron chi connectivity index (χ0n) is 27.3. The molecule has 0 radical (unpaired) electrons. The van der Waals surface area contributed by atoms with Crippen LogP contribution in [0, 0.1) is 0 Å². The molecule has 254 valence electrons. The van der Waals surface area contributed by atoms with Gasteiger partial charge in [-0.25, -0.2) is 9.78 Å². The molecular weight excluding hydrogens is 650 g/mol. The highest BCUT2D eigenvalue weighted by atomic mass is 16.6. The molecule has 0 saturated carbocycles. The van der Waals surface area contributed by atoms with Gasteiger partial charge in [-0.05, 0) is 68.7 Å². The molecule has 2 heterocycles. The minimum absolute atomic E-state index is 0.0556. The fourth-order valence-corrected chi connectivity index (χ4v) is 6.60. The van der Waals surface area contributed by atoms with Gasteiger partial charge < -0.3 is 24.3 Å². The highest BCUT2D eigenvalue weighted by Gasteiger charge is 2.30. The zero-order chi connectivity index (χ0) is 34.9. The number of ether oxygens (including phenoxy) is 4. The third kappa shape index (κ3) is 6.02. The summed E-state index contributed by atoms with van der Waals surface area (Å²) in [6, 6.07) is 29.9. The normalized spacial score (nSPS) is 12.1. The van der Waals surface area contributed by atoms with Gasteiger partial charge in [0.05, 0.1) is 54.1 Å². The monoisotopic (exact) mass is 681 g/mol. The summed E-state index contributed by atoms with van der Waals surface area (Å²) in [6.07, 6.45) is 0. The number of carbonyl (C=O) groups is 3. The molecule has 51 heavy (non-hydrogen) atoms. The summed E-state index contributed by atoms with van der Waals surface area (Å²) in [6.45, 7) is 0.993. The molecule has 1 aromatic heterocycles. The number of rotatable bonds is 13. The van der Waals surface area contributed by atoms with Crippen molar-refractivity contribution >= 4 is 66.6 Å². The number of carbonyl (C=O) groups excluding carboxylic acids is 3. The van der Waals surface area contributed by atoms with Crippen molar-refractivity contribution in [1.82, 2.24) is 9.55 Å². The molecule has 0 unspecified atom stereocenters. The second kappa shape index (κ2) is 13.6. The molecule has 1 N–H and O–H groups in total. The number of fused-ring (bicyclic) bond motifs is 4. The Morgan fingerprint density at radius 3 is 2.16 bits per heavy atom. The highest BCUT2D eigenvalue weighted by Crippen LogP contribution is 2.36. The van der Waals surface area contributed by atoms with E-state index in [1.807, 2.05) is 24.3 Å². The fourth-order valence-electron chi connectivity index (χ4n) is 6.60. The highest BCUT2D eigenvalue weighted by molar-refractivity contribution is 6.26. The van der Waals surface area contributed by atoms with E-state index in [1.165, 1.54) is 4.57 Å². The third-order valence-corrected chi connectivity index (χ3v) is 8.97. The second-order valence-corrected chi connectivity index (χ2v) is 12.1. The minimum Gasteiger partial charge on any atom is -0.462 e. The quantitative estimate of drug-likeness (QED) is 0.0921. The van der Waals surface area contributed by atoms with Gasteiger partial charge in [-0.1, -0.05) is 60.7 Å². The van der Waals surface area contributed by atoms with E-state index in [4.69, 9.17) is 18.9 Å². The molecular formula is C40H31N3O8. The molecule has 1 aliphatic rings. The lowest BCUT2D eigenvalue weighted by molar-refractivity contribution is -0.143. The average molecular weight is 682 g/mol. The number of aromatic nitrogens is 2. The van der Waals surface area contributed by atoms with Gasteiger partial charge in [0.15, 0.2) is 5.82 Å². The summed E-state index contributed by atoms with van der Waals surface area (Å²) in [5.41, 5.74) is 2.03. The van der Waals surface area contributed by atoms with Gasteiger partial charge in [-0.15, -0.1) is 0 Å². The van der Waals surface area contributed by atoms with Crippen molar-refractivity contribution in [2.75, 3.05) is 51.5 Å². The van der Waals surface area contributed by atoms with Gasteiger partial charge in [-0.3, -0.25) is 19.0 Å². The molecule has 0 aliphatic carbocycles. The summed E-state index contributed by atoms with van der Waals surface area (Å²) in [5, 5.41) is 9.70. The lowest BCUT2D eigenvalue weighted by Gasteiger charge is -2.13. The summed E-state index contributed by atoms with van der Waals surface area (Å²) >= 11 is 0. The van der Waals surface area contributed by atoms with Gasteiger partial charge in [0.2, 0.25) is 5.78 Å². The molecule has 1 aliphatic heterocycles. The van der Waals surface area contributed by atoms with Crippen molar-refractivity contribution in [1.29, 1.82) is 0 Å². The van der Waals surface area contributed by atoms with Crippen molar-refractivity contribution < 1.29 is 33.3 Å². The van der Waals surface area contributed by atoms with E-state index in [2.05, 4.69) is 34.6 Å². The maximum atomic E-state index is 13.3. The number of para-hydroxylation sites is 1. The number of benzene rings is 6. The summed E-state index contributed by atoms with van der Waals surface area (Å²) in [5.74, 6) is -1.10. The van der Waals surface area contributed by atoms with Crippen LogP contribution in [0.1, 0.15) is 26.5 Å². The van der Waals surface area contributed by atoms with Crippen molar-refractivity contribution in [3.63, 3.8) is 0 Å². The lowest BCUT2D eigenvalue weighted by atomic mass is 9.92. The van der Waals surface area contributed by atoms with Crippen LogP contribution in [0.3, 0.4) is 0 Å². The molecule has 7 aromatic rings. The van der Waals surface area contributed by atoms with Crippen LogP contribution >= 0.6 is 0 Å². The maximum Gasteiger partial charge on any atom is 0.338 e. The van der Waals surface area contributed by atoms with E-state index in [-0.39, 0.29) is 63.4 Å². The van der Waals surface area contributed by atoms with Crippen LogP contribution < -0.4 is 10.9 Å². The summed E-state index contributed by atoms with van der Waals surface area (Å²) in [7, 11) is 0. The van der Waals surface area contributed by atoms with Gasteiger partial charge >= 0.3 is 11.9 Å². The van der Waals surface area contributed by atoms with Crippen LogP contribution in [0.15, 0.2) is 102 Å². The van der Waals surface area contributed by atoms with E-state index < -0.39 is 11.9 Å². The minimum atomic E-state index is -0.496. The fraction of sp³-hybridized carbons (Fsp3) is 0.175. The first-order chi connectivity index (χ1) is 25.0. The van der Waals surface area contributed by atoms with Gasteiger partial charge in [0.1, 0.15) is 19.8 Å². The van der Waals surface area contributed by atoms with Gasteiger partial charge in [-0.2, -0.15) is 0 Å². The molecule has 11 nitrogen and oxygen atoms in total. The van der Waals surface area contributed by atoms with E-state index in [1.54, 1.807) is 48.5 Å². The Bertz CT molecular complexity index is 2530. The predicted octanol–water partition coefficient (Wildman–Crippen LogP) is 5.67. The number of esters is 2. The van der Waals surface area contributed by atoms with Crippen LogP contribution in [0.5, 0.6) is 0 Å². The third-order valence-electron chi connectivity index (χ3n) is 8.97. The van der Waals surface area contributed by atoms with Crippen LogP contribution in [0.25, 0.3) is 48.9 Å². The number of anilines is 1. The average Bonchev–Trinajstić information content (AvgIpc) is 3.44. The van der Waals surface area contributed by atoms with Crippen molar-refractivity contribution in [2.24, 2.45) is 0 Å². The van der Waals surface area contributed by atoms with E-state index in [9.17, 15) is 19.2 Å². The number of hydrogen-bond donors (Lipinski definition) is 1. The smallest absolute Gasteiger partial charge is 0.338 e. The maximum absolute atomic E-state index is 13.3. The number of nitrogens with zero attached hydrogens (tertiary/aromatic N) is 2. The zero-order valence-corrected chi connectivity index (χ0v) is 27.3. The Labute approximate surface area is 290 Å². The predicted molar refractivity (Wildman–Crippen MR) is 192 cm³/mol. The molecule has 0 fully saturated rings. The topological polar surface area (TPSA) is 135 Å². The number of ketones is 1. The first kappa shape index (κ1) is 32.1. The number of nitrogens with one attached hydrogen (secondary N) is 1. The molecule has 0 saturated heterocycles. The molecule has 0 amide bonds. The van der Waals surface area contributed by atoms with Crippen molar-refractivity contribution in [3.05, 3.63) is 124 Å².